The number of aliphatic hydroxyl groups is 1. The molecule has 1 aliphatic rings. The molecular formula is C28H23FN2O4S. The van der Waals surface area contributed by atoms with Crippen LogP contribution in [0.15, 0.2) is 66.2 Å². The molecule has 2 heterocycles. The summed E-state index contributed by atoms with van der Waals surface area (Å²) in [5.74, 6) is -1.78. The number of Topliss-reactive ketones (excluding diaryl/α,β-unsaturated/α-hetero) is 1. The number of ether oxygens (including phenoxy) is 1. The number of anilines is 1. The van der Waals surface area contributed by atoms with E-state index in [1.807, 2.05) is 32.9 Å². The summed E-state index contributed by atoms with van der Waals surface area (Å²) in [5, 5.41) is 11.6. The molecule has 36 heavy (non-hydrogen) atoms. The van der Waals surface area contributed by atoms with Gasteiger partial charge in [-0.1, -0.05) is 29.5 Å². The number of aliphatic hydroxyl groups excluding tert-OH is 1. The van der Waals surface area contributed by atoms with E-state index in [4.69, 9.17) is 4.74 Å². The van der Waals surface area contributed by atoms with E-state index in [9.17, 15) is 19.1 Å². The van der Waals surface area contributed by atoms with E-state index in [-0.39, 0.29) is 11.3 Å². The Morgan fingerprint density at radius 1 is 1.08 bits per heavy atom. The second-order valence-corrected chi connectivity index (χ2v) is 9.61. The van der Waals surface area contributed by atoms with Crippen LogP contribution in [0.5, 0.6) is 5.75 Å². The van der Waals surface area contributed by atoms with E-state index in [2.05, 4.69) is 4.98 Å². The maximum absolute atomic E-state index is 13.8. The molecule has 0 bridgehead atoms. The van der Waals surface area contributed by atoms with E-state index in [0.29, 0.717) is 28.6 Å². The van der Waals surface area contributed by atoms with Crippen molar-refractivity contribution >= 4 is 44.1 Å². The van der Waals surface area contributed by atoms with Crippen molar-refractivity contribution in [3.8, 4) is 5.75 Å². The molecule has 8 heteroatoms. The van der Waals surface area contributed by atoms with Crippen LogP contribution in [0, 0.1) is 19.7 Å². The number of hydrogen-bond acceptors (Lipinski definition) is 6. The third-order valence-corrected chi connectivity index (χ3v) is 7.10. The zero-order valence-corrected chi connectivity index (χ0v) is 20.7. The number of aromatic nitrogens is 1. The van der Waals surface area contributed by atoms with Gasteiger partial charge in [0.05, 0.1) is 28.4 Å². The predicted molar refractivity (Wildman–Crippen MR) is 138 cm³/mol. The zero-order chi connectivity index (χ0) is 25.6. The molecule has 1 N–H and O–H groups in total. The highest BCUT2D eigenvalue weighted by molar-refractivity contribution is 7.22. The van der Waals surface area contributed by atoms with Gasteiger partial charge in [0.25, 0.3) is 5.78 Å². The first-order chi connectivity index (χ1) is 17.3. The van der Waals surface area contributed by atoms with Crippen molar-refractivity contribution < 1.29 is 23.8 Å². The lowest BCUT2D eigenvalue weighted by Gasteiger charge is -2.23. The van der Waals surface area contributed by atoms with Crippen LogP contribution in [0.25, 0.3) is 16.0 Å². The Bertz CT molecular complexity index is 1520. The van der Waals surface area contributed by atoms with Crippen LogP contribution in [0.3, 0.4) is 0 Å². The number of ketones is 1. The van der Waals surface area contributed by atoms with Crippen molar-refractivity contribution in [2.45, 2.75) is 26.8 Å². The zero-order valence-electron chi connectivity index (χ0n) is 19.9. The molecule has 0 aliphatic carbocycles. The molecule has 5 rings (SSSR count). The summed E-state index contributed by atoms with van der Waals surface area (Å²) >= 11 is 1.29. The van der Waals surface area contributed by atoms with Gasteiger partial charge >= 0.3 is 5.91 Å². The number of carbonyl (C=O) groups excluding carboxylic acids is 2. The third kappa shape index (κ3) is 4.03. The van der Waals surface area contributed by atoms with Gasteiger partial charge in [-0.25, -0.2) is 9.37 Å². The summed E-state index contributed by atoms with van der Waals surface area (Å²) in [5.41, 5.74) is 3.52. The van der Waals surface area contributed by atoms with Crippen molar-refractivity contribution in [1.82, 2.24) is 4.98 Å². The number of fused-ring (bicyclic) bond motifs is 1. The van der Waals surface area contributed by atoms with Crippen LogP contribution in [-0.2, 0) is 9.59 Å². The summed E-state index contributed by atoms with van der Waals surface area (Å²) in [6, 6.07) is 15.2. The van der Waals surface area contributed by atoms with Crippen LogP contribution in [0.4, 0.5) is 9.52 Å². The molecule has 182 valence electrons. The molecule has 3 aromatic carbocycles. The molecule has 6 nitrogen and oxygen atoms in total. The Kier molecular flexibility index (Phi) is 6.05. The maximum atomic E-state index is 13.8. The minimum absolute atomic E-state index is 0.0806. The molecule has 0 spiro atoms. The number of halogens is 1. The molecular weight excluding hydrogens is 479 g/mol. The topological polar surface area (TPSA) is 79.7 Å². The van der Waals surface area contributed by atoms with Gasteiger partial charge in [-0.15, -0.1) is 0 Å². The van der Waals surface area contributed by atoms with E-state index < -0.39 is 23.5 Å². The van der Waals surface area contributed by atoms with Crippen LogP contribution < -0.4 is 9.64 Å². The summed E-state index contributed by atoms with van der Waals surface area (Å²) < 4.78 is 20.1. The molecule has 0 saturated carbocycles. The van der Waals surface area contributed by atoms with Crippen molar-refractivity contribution in [3.05, 3.63) is 94.3 Å². The lowest BCUT2D eigenvalue weighted by atomic mass is 9.95. The number of nitrogens with zero attached hydrogens (tertiary/aromatic N) is 2. The average Bonchev–Trinajstić information content (AvgIpc) is 3.38. The SMILES string of the molecule is CCOc1ccc(C(O)=C2C(=O)C(=O)N(c3nc4c(C)cc(C)cc4s3)C2c2ccc(F)cc2)cc1. The van der Waals surface area contributed by atoms with E-state index >= 15 is 0 Å². The number of carbonyl (C=O) groups is 2. The summed E-state index contributed by atoms with van der Waals surface area (Å²) in [4.78, 5) is 32.7. The van der Waals surface area contributed by atoms with Gasteiger partial charge in [-0.3, -0.25) is 14.5 Å². The first kappa shape index (κ1) is 23.7. The molecule has 1 aliphatic heterocycles. The highest BCUT2D eigenvalue weighted by atomic mass is 32.1. The van der Waals surface area contributed by atoms with Gasteiger partial charge in [-0.05, 0) is 79.9 Å². The fraction of sp³-hybridized carbons (Fsp3) is 0.179. The van der Waals surface area contributed by atoms with Crippen LogP contribution in [0.2, 0.25) is 0 Å². The largest absolute Gasteiger partial charge is 0.507 e. The average molecular weight is 503 g/mol. The monoisotopic (exact) mass is 502 g/mol. The Hall–Kier alpha value is -4.04. The van der Waals surface area contributed by atoms with Gasteiger partial charge in [0.2, 0.25) is 0 Å². The smallest absolute Gasteiger partial charge is 0.301 e. The van der Waals surface area contributed by atoms with E-state index in [1.165, 1.54) is 40.5 Å². The Balaban J connectivity index is 1.69. The highest BCUT2D eigenvalue weighted by Crippen LogP contribution is 2.44. The maximum Gasteiger partial charge on any atom is 0.301 e. The lowest BCUT2D eigenvalue weighted by Crippen LogP contribution is -2.29. The first-order valence-electron chi connectivity index (χ1n) is 11.5. The van der Waals surface area contributed by atoms with Crippen molar-refractivity contribution in [1.29, 1.82) is 0 Å². The number of amides is 1. The van der Waals surface area contributed by atoms with Crippen LogP contribution >= 0.6 is 11.3 Å². The van der Waals surface area contributed by atoms with Crippen molar-refractivity contribution in [2.24, 2.45) is 0 Å². The normalized spacial score (nSPS) is 17.2. The minimum atomic E-state index is -0.973. The number of rotatable bonds is 5. The molecule has 1 amide bonds. The summed E-state index contributed by atoms with van der Waals surface area (Å²) in [6.45, 7) is 6.27. The molecule has 1 saturated heterocycles. The molecule has 1 fully saturated rings. The molecule has 4 aromatic rings. The summed E-state index contributed by atoms with van der Waals surface area (Å²) in [7, 11) is 0. The quantitative estimate of drug-likeness (QED) is 0.203. The van der Waals surface area contributed by atoms with E-state index in [1.54, 1.807) is 24.3 Å². The standard InChI is InChI=1S/C28H23FN2O4S/c1-4-35-20-11-7-18(8-12-20)25(32)22-24(17-5-9-19(29)10-6-17)31(27(34)26(22)33)28-30-23-16(3)13-15(2)14-21(23)36-28/h5-14,24,32H,4H2,1-3H3. The number of benzene rings is 3. The Morgan fingerprint density at radius 3 is 2.44 bits per heavy atom. The van der Waals surface area contributed by atoms with Gasteiger partial charge in [-0.2, -0.15) is 0 Å². The van der Waals surface area contributed by atoms with Crippen LogP contribution in [0.1, 0.15) is 35.2 Å². The molecule has 1 unspecified atom stereocenters. The third-order valence-electron chi connectivity index (χ3n) is 6.09. The van der Waals surface area contributed by atoms with Gasteiger partial charge in [0.1, 0.15) is 17.3 Å². The Morgan fingerprint density at radius 2 is 1.78 bits per heavy atom. The highest BCUT2D eigenvalue weighted by Gasteiger charge is 2.48. The van der Waals surface area contributed by atoms with Crippen molar-refractivity contribution in [2.75, 3.05) is 11.5 Å². The minimum Gasteiger partial charge on any atom is -0.507 e. The predicted octanol–water partition coefficient (Wildman–Crippen LogP) is 6.08. The first-order valence-corrected chi connectivity index (χ1v) is 12.3. The van der Waals surface area contributed by atoms with Gasteiger partial charge in [0, 0.05) is 5.56 Å². The molecule has 1 aromatic heterocycles. The lowest BCUT2D eigenvalue weighted by molar-refractivity contribution is -0.132. The molecule has 1 atom stereocenters. The van der Waals surface area contributed by atoms with Crippen molar-refractivity contribution in [3.63, 3.8) is 0 Å². The van der Waals surface area contributed by atoms with Gasteiger partial charge in [0.15, 0.2) is 5.13 Å². The number of thiazole rings is 1. The fourth-order valence-electron chi connectivity index (χ4n) is 4.48. The molecule has 0 radical (unpaired) electrons. The second kappa shape index (κ2) is 9.20. The fourth-order valence-corrected chi connectivity index (χ4v) is 5.65. The number of hydrogen-bond donors (Lipinski definition) is 1. The van der Waals surface area contributed by atoms with E-state index in [0.717, 1.165) is 21.3 Å². The second-order valence-electron chi connectivity index (χ2n) is 8.60. The van der Waals surface area contributed by atoms with Crippen LogP contribution in [-0.4, -0.2) is 28.4 Å². The number of aryl methyl sites for hydroxylation is 2. The Labute approximate surface area is 211 Å². The summed E-state index contributed by atoms with van der Waals surface area (Å²) in [6.07, 6.45) is 0. The van der Waals surface area contributed by atoms with Gasteiger partial charge < -0.3 is 9.84 Å².